The molecule has 0 saturated heterocycles. The summed E-state index contributed by atoms with van der Waals surface area (Å²) in [6.07, 6.45) is 2.81. The minimum Gasteiger partial charge on any atom is -0.481 e. The molecule has 1 aromatic carbocycles. The average molecular weight is 342 g/mol. The van der Waals surface area contributed by atoms with Crippen LogP contribution in [-0.2, 0) is 16.0 Å². The number of benzene rings is 1. The summed E-state index contributed by atoms with van der Waals surface area (Å²) in [7, 11) is 0. The van der Waals surface area contributed by atoms with Crippen molar-refractivity contribution in [2.45, 2.75) is 45.1 Å². The van der Waals surface area contributed by atoms with E-state index in [1.807, 2.05) is 37.3 Å². The summed E-state index contributed by atoms with van der Waals surface area (Å²) < 4.78 is 5.79. The quantitative estimate of drug-likeness (QED) is 0.842. The molecule has 0 unspecified atom stereocenters. The molecule has 1 heterocycles. The first-order valence-electron chi connectivity index (χ1n) is 8.58. The van der Waals surface area contributed by atoms with E-state index in [0.29, 0.717) is 18.7 Å². The van der Waals surface area contributed by atoms with Crippen LogP contribution >= 0.6 is 0 Å². The van der Waals surface area contributed by atoms with Gasteiger partial charge in [0.2, 0.25) is 5.91 Å². The largest absolute Gasteiger partial charge is 0.481 e. The Morgan fingerprint density at radius 1 is 1.28 bits per heavy atom. The fourth-order valence-corrected chi connectivity index (χ4v) is 3.34. The Balaban J connectivity index is 1.57. The zero-order valence-corrected chi connectivity index (χ0v) is 14.2. The maximum Gasteiger partial charge on any atom is 0.308 e. The Kier molecular flexibility index (Phi) is 5.16. The lowest BCUT2D eigenvalue weighted by Gasteiger charge is -2.17. The molecule has 1 aromatic heterocycles. The number of aromatic nitrogens is 1. The maximum atomic E-state index is 12.1. The van der Waals surface area contributed by atoms with Gasteiger partial charge in [-0.1, -0.05) is 36.8 Å². The molecule has 1 fully saturated rings. The molecule has 0 aliphatic heterocycles. The van der Waals surface area contributed by atoms with E-state index in [1.165, 1.54) is 0 Å². The van der Waals surface area contributed by atoms with Gasteiger partial charge in [0.15, 0.2) is 11.7 Å². The van der Waals surface area contributed by atoms with Crippen molar-refractivity contribution >= 4 is 11.9 Å². The summed E-state index contributed by atoms with van der Waals surface area (Å²) >= 11 is 0. The van der Waals surface area contributed by atoms with Crippen LogP contribution in [0.15, 0.2) is 34.7 Å². The van der Waals surface area contributed by atoms with E-state index < -0.39 is 11.9 Å². The molecule has 1 saturated carbocycles. The third-order valence-corrected chi connectivity index (χ3v) is 4.62. The van der Waals surface area contributed by atoms with Crippen molar-refractivity contribution in [2.24, 2.45) is 5.92 Å². The number of carbonyl (C=O) groups excluding carboxylic acids is 1. The van der Waals surface area contributed by atoms with Gasteiger partial charge < -0.3 is 14.8 Å². The predicted molar refractivity (Wildman–Crippen MR) is 91.9 cm³/mol. The molecule has 6 heteroatoms. The second kappa shape index (κ2) is 7.51. The molecule has 1 aliphatic rings. The van der Waals surface area contributed by atoms with Crippen LogP contribution in [0.5, 0.6) is 0 Å². The van der Waals surface area contributed by atoms with Crippen molar-refractivity contribution in [2.75, 3.05) is 0 Å². The average Bonchev–Trinajstić information content (AvgIpc) is 3.20. The fourth-order valence-electron chi connectivity index (χ4n) is 3.34. The predicted octanol–water partition coefficient (Wildman–Crippen LogP) is 2.95. The van der Waals surface area contributed by atoms with Crippen LogP contribution in [0, 0.1) is 12.8 Å². The second-order valence-corrected chi connectivity index (χ2v) is 6.44. The molecule has 1 amide bonds. The number of rotatable bonds is 6. The molecule has 2 aromatic rings. The maximum absolute atomic E-state index is 12.1. The van der Waals surface area contributed by atoms with E-state index in [-0.39, 0.29) is 18.4 Å². The van der Waals surface area contributed by atoms with Gasteiger partial charge in [0.05, 0.1) is 11.6 Å². The molecule has 2 atom stereocenters. The van der Waals surface area contributed by atoms with Gasteiger partial charge in [-0.25, -0.2) is 4.98 Å². The van der Waals surface area contributed by atoms with Gasteiger partial charge >= 0.3 is 5.97 Å². The van der Waals surface area contributed by atoms with Gasteiger partial charge in [-0.3, -0.25) is 9.59 Å². The van der Waals surface area contributed by atoms with Gasteiger partial charge in [0.1, 0.15) is 0 Å². The first-order valence-corrected chi connectivity index (χ1v) is 8.58. The topological polar surface area (TPSA) is 92.4 Å². The highest BCUT2D eigenvalue weighted by Gasteiger charge is 2.33. The van der Waals surface area contributed by atoms with Gasteiger partial charge in [-0.15, -0.1) is 0 Å². The van der Waals surface area contributed by atoms with Crippen LogP contribution in [0.3, 0.4) is 0 Å². The van der Waals surface area contributed by atoms with E-state index in [1.54, 1.807) is 0 Å². The first kappa shape index (κ1) is 17.2. The molecule has 0 radical (unpaired) electrons. The lowest BCUT2D eigenvalue weighted by Crippen LogP contribution is -2.40. The number of carbonyl (C=O) groups is 2. The molecule has 3 rings (SSSR count). The van der Waals surface area contributed by atoms with Gasteiger partial charge in [-0.05, 0) is 19.8 Å². The number of aryl methyl sites for hydroxylation is 2. The molecule has 132 valence electrons. The van der Waals surface area contributed by atoms with Crippen molar-refractivity contribution in [3.05, 3.63) is 41.9 Å². The minimum atomic E-state index is -0.835. The lowest BCUT2D eigenvalue weighted by molar-refractivity contribution is -0.142. The number of amides is 1. The van der Waals surface area contributed by atoms with Crippen LogP contribution in [0.25, 0.3) is 11.3 Å². The highest BCUT2D eigenvalue weighted by atomic mass is 16.4. The van der Waals surface area contributed by atoms with Crippen LogP contribution in [0.2, 0.25) is 0 Å². The van der Waals surface area contributed by atoms with Gasteiger partial charge in [0.25, 0.3) is 0 Å². The molecule has 0 spiro atoms. The number of hydrogen-bond donors (Lipinski definition) is 2. The van der Waals surface area contributed by atoms with Crippen LogP contribution in [0.1, 0.15) is 37.3 Å². The van der Waals surface area contributed by atoms with Crippen molar-refractivity contribution in [3.8, 4) is 11.3 Å². The molecule has 1 aliphatic carbocycles. The number of nitrogens with one attached hydrogen (secondary N) is 1. The summed E-state index contributed by atoms with van der Waals surface area (Å²) in [6.45, 7) is 1.88. The van der Waals surface area contributed by atoms with E-state index in [0.717, 1.165) is 29.9 Å². The monoisotopic (exact) mass is 342 g/mol. The van der Waals surface area contributed by atoms with Gasteiger partial charge in [0, 0.05) is 24.4 Å². The SMILES string of the molecule is Cc1nc(CCC(=O)N[C@@H]2CCC[C@@H]2C(=O)O)oc1-c1ccccc1. The normalized spacial score (nSPS) is 19.7. The summed E-state index contributed by atoms with van der Waals surface area (Å²) in [6, 6.07) is 9.45. The van der Waals surface area contributed by atoms with Crippen molar-refractivity contribution < 1.29 is 19.1 Å². The van der Waals surface area contributed by atoms with E-state index >= 15 is 0 Å². The number of nitrogens with zero attached hydrogens (tertiary/aromatic N) is 1. The zero-order chi connectivity index (χ0) is 17.8. The highest BCUT2D eigenvalue weighted by molar-refractivity contribution is 5.78. The number of aliphatic carboxylic acids is 1. The number of carboxylic acids is 1. The Morgan fingerprint density at radius 3 is 2.76 bits per heavy atom. The molecule has 0 bridgehead atoms. The minimum absolute atomic E-state index is 0.157. The van der Waals surface area contributed by atoms with Crippen LogP contribution in [-0.4, -0.2) is 28.0 Å². The zero-order valence-electron chi connectivity index (χ0n) is 14.2. The number of carboxylic acid groups (broad SMARTS) is 1. The van der Waals surface area contributed by atoms with E-state index in [2.05, 4.69) is 10.3 Å². The van der Waals surface area contributed by atoms with Gasteiger partial charge in [-0.2, -0.15) is 0 Å². The van der Waals surface area contributed by atoms with Crippen LogP contribution in [0.4, 0.5) is 0 Å². The molecule has 2 N–H and O–H groups in total. The Bertz CT molecular complexity index is 754. The Labute approximate surface area is 146 Å². The molecule has 6 nitrogen and oxygen atoms in total. The van der Waals surface area contributed by atoms with Crippen molar-refractivity contribution in [1.82, 2.24) is 10.3 Å². The first-order chi connectivity index (χ1) is 12.0. The summed E-state index contributed by atoms with van der Waals surface area (Å²) in [4.78, 5) is 27.7. The Morgan fingerprint density at radius 2 is 2.04 bits per heavy atom. The number of hydrogen-bond acceptors (Lipinski definition) is 4. The summed E-state index contributed by atoms with van der Waals surface area (Å²) in [5, 5.41) is 12.0. The summed E-state index contributed by atoms with van der Waals surface area (Å²) in [5.74, 6) is -0.225. The molecular weight excluding hydrogens is 320 g/mol. The van der Waals surface area contributed by atoms with Crippen molar-refractivity contribution in [3.63, 3.8) is 0 Å². The standard InChI is InChI=1S/C19H22N2O4/c1-12-18(13-6-3-2-4-7-13)25-17(20-12)11-10-16(22)21-15-9-5-8-14(15)19(23)24/h2-4,6-7,14-15H,5,8-11H2,1H3,(H,21,22)(H,23,24)/t14-,15+/m0/s1. The summed E-state index contributed by atoms with van der Waals surface area (Å²) in [5.41, 5.74) is 1.75. The Hall–Kier alpha value is -2.63. The number of oxazole rings is 1. The second-order valence-electron chi connectivity index (χ2n) is 6.44. The van der Waals surface area contributed by atoms with E-state index in [9.17, 15) is 9.59 Å². The fraction of sp³-hybridized carbons (Fsp3) is 0.421. The van der Waals surface area contributed by atoms with Crippen LogP contribution < -0.4 is 5.32 Å². The third-order valence-electron chi connectivity index (χ3n) is 4.62. The molecular formula is C19H22N2O4. The smallest absolute Gasteiger partial charge is 0.308 e. The highest BCUT2D eigenvalue weighted by Crippen LogP contribution is 2.26. The third kappa shape index (κ3) is 4.07. The van der Waals surface area contributed by atoms with E-state index in [4.69, 9.17) is 9.52 Å². The lowest BCUT2D eigenvalue weighted by atomic mass is 10.0. The van der Waals surface area contributed by atoms with Crippen molar-refractivity contribution in [1.29, 1.82) is 0 Å². The molecule has 25 heavy (non-hydrogen) atoms.